The number of rotatable bonds is 4. The standard InChI is InChI=1S/C19H17ClF3N5OS/c20-13-8-12(19(21,22)23)10-24-17(13)28-5-3-11(4-6-28)18(29)25-16-9-14(26-27-16)15-2-1-7-30-15/h1-2,7-11H,3-6H2,(H2,25,26,27,29). The summed E-state index contributed by atoms with van der Waals surface area (Å²) in [6.45, 7) is 0.939. The van der Waals surface area contributed by atoms with E-state index in [0.717, 1.165) is 22.8 Å². The highest BCUT2D eigenvalue weighted by Gasteiger charge is 2.33. The molecule has 0 bridgehead atoms. The fourth-order valence-electron chi connectivity index (χ4n) is 3.34. The number of pyridine rings is 1. The summed E-state index contributed by atoms with van der Waals surface area (Å²) < 4.78 is 38.3. The third-order valence-electron chi connectivity index (χ3n) is 4.93. The maximum absolute atomic E-state index is 12.8. The lowest BCUT2D eigenvalue weighted by Gasteiger charge is -2.32. The van der Waals surface area contributed by atoms with Gasteiger partial charge in [-0.3, -0.25) is 9.89 Å². The second-order valence-electron chi connectivity index (χ2n) is 6.92. The molecule has 1 aliphatic rings. The van der Waals surface area contributed by atoms with Crippen LogP contribution < -0.4 is 10.2 Å². The predicted molar refractivity (Wildman–Crippen MR) is 110 cm³/mol. The fourth-order valence-corrected chi connectivity index (χ4v) is 4.32. The number of carbonyl (C=O) groups is 1. The van der Waals surface area contributed by atoms with E-state index in [1.807, 2.05) is 17.5 Å². The number of thiophene rings is 1. The average molecular weight is 456 g/mol. The highest BCUT2D eigenvalue weighted by Crippen LogP contribution is 2.35. The van der Waals surface area contributed by atoms with Gasteiger partial charge in [0.2, 0.25) is 5.91 Å². The highest BCUT2D eigenvalue weighted by molar-refractivity contribution is 7.13. The molecular formula is C19H17ClF3N5OS. The summed E-state index contributed by atoms with van der Waals surface area (Å²) >= 11 is 7.59. The minimum Gasteiger partial charge on any atom is -0.355 e. The van der Waals surface area contributed by atoms with Crippen LogP contribution in [0, 0.1) is 5.92 Å². The van der Waals surface area contributed by atoms with E-state index in [1.54, 1.807) is 22.3 Å². The minimum atomic E-state index is -4.49. The molecule has 11 heteroatoms. The number of aromatic amines is 1. The van der Waals surface area contributed by atoms with Crippen molar-refractivity contribution in [3.63, 3.8) is 0 Å². The Morgan fingerprint density at radius 2 is 2.07 bits per heavy atom. The van der Waals surface area contributed by atoms with E-state index in [2.05, 4.69) is 20.5 Å². The Bertz CT molecular complexity index is 1030. The van der Waals surface area contributed by atoms with Gasteiger partial charge in [0.25, 0.3) is 0 Å². The van der Waals surface area contributed by atoms with Crippen LogP contribution in [0.3, 0.4) is 0 Å². The first-order valence-electron chi connectivity index (χ1n) is 9.19. The summed E-state index contributed by atoms with van der Waals surface area (Å²) in [7, 11) is 0. The molecule has 0 spiro atoms. The van der Waals surface area contributed by atoms with Crippen LogP contribution in [0.5, 0.6) is 0 Å². The number of amides is 1. The Hall–Kier alpha value is -2.59. The molecule has 158 valence electrons. The van der Waals surface area contributed by atoms with Crippen molar-refractivity contribution < 1.29 is 18.0 Å². The van der Waals surface area contributed by atoms with E-state index >= 15 is 0 Å². The number of H-pyrrole nitrogens is 1. The molecular weight excluding hydrogens is 439 g/mol. The van der Waals surface area contributed by atoms with Crippen molar-refractivity contribution >= 4 is 40.5 Å². The number of nitrogens with zero attached hydrogens (tertiary/aromatic N) is 3. The SMILES string of the molecule is O=C(Nc1cc(-c2cccs2)[nH]n1)C1CCN(c2ncc(C(F)(F)F)cc2Cl)CC1. The predicted octanol–water partition coefficient (Wildman–Crippen LogP) is 5.06. The van der Waals surface area contributed by atoms with Crippen molar-refractivity contribution in [2.45, 2.75) is 19.0 Å². The third-order valence-corrected chi connectivity index (χ3v) is 6.11. The molecule has 4 rings (SSSR count). The maximum atomic E-state index is 12.8. The third kappa shape index (κ3) is 4.44. The maximum Gasteiger partial charge on any atom is 0.417 e. The summed E-state index contributed by atoms with van der Waals surface area (Å²) in [5.41, 5.74) is -0.0513. The van der Waals surface area contributed by atoms with Crippen LogP contribution in [0.15, 0.2) is 35.8 Å². The van der Waals surface area contributed by atoms with Crippen LogP contribution in [0.25, 0.3) is 10.6 Å². The lowest BCUT2D eigenvalue weighted by Crippen LogP contribution is -2.38. The zero-order chi connectivity index (χ0) is 21.3. The van der Waals surface area contributed by atoms with Crippen LogP contribution in [0.1, 0.15) is 18.4 Å². The Kier molecular flexibility index (Phi) is 5.70. The number of alkyl halides is 3. The number of hydrogen-bond acceptors (Lipinski definition) is 5. The molecule has 3 aromatic rings. The highest BCUT2D eigenvalue weighted by atomic mass is 35.5. The summed E-state index contributed by atoms with van der Waals surface area (Å²) in [6.07, 6.45) is -2.64. The van der Waals surface area contributed by atoms with Crippen LogP contribution in [0.4, 0.5) is 24.8 Å². The van der Waals surface area contributed by atoms with Gasteiger partial charge in [-0.1, -0.05) is 17.7 Å². The molecule has 0 atom stereocenters. The lowest BCUT2D eigenvalue weighted by atomic mass is 9.96. The van der Waals surface area contributed by atoms with E-state index in [0.29, 0.717) is 37.6 Å². The van der Waals surface area contributed by atoms with Crippen molar-refractivity contribution in [3.8, 4) is 10.6 Å². The molecule has 1 saturated heterocycles. The molecule has 0 saturated carbocycles. The van der Waals surface area contributed by atoms with Gasteiger partial charge in [-0.15, -0.1) is 11.3 Å². The van der Waals surface area contributed by atoms with Crippen molar-refractivity contribution in [3.05, 3.63) is 46.4 Å². The van der Waals surface area contributed by atoms with Crippen LogP contribution in [-0.4, -0.2) is 34.2 Å². The summed E-state index contributed by atoms with van der Waals surface area (Å²) in [5.74, 6) is 0.399. The van der Waals surface area contributed by atoms with E-state index in [4.69, 9.17) is 11.6 Å². The van der Waals surface area contributed by atoms with E-state index in [9.17, 15) is 18.0 Å². The molecule has 0 radical (unpaired) electrons. The monoisotopic (exact) mass is 455 g/mol. The van der Waals surface area contributed by atoms with Gasteiger partial charge in [0.15, 0.2) is 5.82 Å². The first kappa shape index (κ1) is 20.7. The molecule has 0 unspecified atom stereocenters. The van der Waals surface area contributed by atoms with Gasteiger partial charge in [0.1, 0.15) is 5.82 Å². The second kappa shape index (κ2) is 8.27. The first-order valence-corrected chi connectivity index (χ1v) is 10.4. The molecule has 3 aromatic heterocycles. The zero-order valence-electron chi connectivity index (χ0n) is 15.5. The van der Waals surface area contributed by atoms with Crippen molar-refractivity contribution in [1.82, 2.24) is 15.2 Å². The minimum absolute atomic E-state index is 0.0506. The molecule has 1 amide bonds. The molecule has 1 aliphatic heterocycles. The van der Waals surface area contributed by atoms with E-state index < -0.39 is 11.7 Å². The number of hydrogen-bond donors (Lipinski definition) is 2. The lowest BCUT2D eigenvalue weighted by molar-refractivity contribution is -0.137. The van der Waals surface area contributed by atoms with Crippen LogP contribution in [-0.2, 0) is 11.0 Å². The normalized spacial score (nSPS) is 15.4. The van der Waals surface area contributed by atoms with Gasteiger partial charge in [0, 0.05) is 31.3 Å². The number of halogens is 4. The Morgan fingerprint density at radius 1 is 1.30 bits per heavy atom. The van der Waals surface area contributed by atoms with Gasteiger partial charge in [0.05, 0.1) is 21.2 Å². The topological polar surface area (TPSA) is 73.9 Å². The van der Waals surface area contributed by atoms with Crippen LogP contribution >= 0.6 is 22.9 Å². The Morgan fingerprint density at radius 3 is 2.70 bits per heavy atom. The van der Waals surface area contributed by atoms with E-state index in [1.165, 1.54) is 0 Å². The smallest absolute Gasteiger partial charge is 0.355 e. The van der Waals surface area contributed by atoms with Gasteiger partial charge >= 0.3 is 6.18 Å². The summed E-state index contributed by atoms with van der Waals surface area (Å²) in [4.78, 5) is 19.3. The molecule has 2 N–H and O–H groups in total. The second-order valence-corrected chi connectivity index (χ2v) is 8.28. The van der Waals surface area contributed by atoms with Gasteiger partial charge in [-0.2, -0.15) is 18.3 Å². The molecule has 1 fully saturated rings. The molecule has 4 heterocycles. The molecule has 0 aromatic carbocycles. The van der Waals surface area contributed by atoms with Gasteiger partial charge in [-0.05, 0) is 30.4 Å². The van der Waals surface area contributed by atoms with Crippen molar-refractivity contribution in [2.24, 2.45) is 5.92 Å². The molecule has 6 nitrogen and oxygen atoms in total. The largest absolute Gasteiger partial charge is 0.417 e. The number of nitrogens with one attached hydrogen (secondary N) is 2. The summed E-state index contributed by atoms with van der Waals surface area (Å²) in [6, 6.07) is 6.56. The van der Waals surface area contributed by atoms with Crippen molar-refractivity contribution in [2.75, 3.05) is 23.3 Å². The van der Waals surface area contributed by atoms with Crippen molar-refractivity contribution in [1.29, 1.82) is 0 Å². The van der Waals surface area contributed by atoms with Gasteiger partial charge < -0.3 is 10.2 Å². The Balaban J connectivity index is 1.35. The summed E-state index contributed by atoms with van der Waals surface area (Å²) in [5, 5.41) is 11.8. The molecule has 0 aliphatic carbocycles. The Labute approximate surface area is 179 Å². The first-order chi connectivity index (χ1) is 14.3. The number of anilines is 2. The fraction of sp³-hybridized carbons (Fsp3) is 0.316. The molecule has 30 heavy (non-hydrogen) atoms. The zero-order valence-corrected chi connectivity index (χ0v) is 17.1. The quantitative estimate of drug-likeness (QED) is 0.576. The number of piperidine rings is 1. The van der Waals surface area contributed by atoms with Gasteiger partial charge in [-0.25, -0.2) is 4.98 Å². The number of carbonyl (C=O) groups excluding carboxylic acids is 1. The number of aromatic nitrogens is 3. The average Bonchev–Trinajstić information content (AvgIpc) is 3.39. The van der Waals surface area contributed by atoms with E-state index in [-0.39, 0.29) is 16.8 Å². The van der Waals surface area contributed by atoms with Crippen LogP contribution in [0.2, 0.25) is 5.02 Å².